The van der Waals surface area contributed by atoms with Gasteiger partial charge in [-0.15, -0.1) is 0 Å². The second-order valence-corrected chi connectivity index (χ2v) is 8.92. The van der Waals surface area contributed by atoms with Gasteiger partial charge in [-0.2, -0.15) is 5.10 Å². The normalized spacial score (nSPS) is 15.3. The molecule has 1 atom stereocenters. The average molecular weight is 449 g/mol. The number of hydrogen-bond acceptors (Lipinski definition) is 5. The highest BCUT2D eigenvalue weighted by atomic mass is 19.1. The van der Waals surface area contributed by atoms with Gasteiger partial charge in [-0.05, 0) is 51.5 Å². The first-order chi connectivity index (χ1) is 15.6. The first-order valence-corrected chi connectivity index (χ1v) is 10.6. The van der Waals surface area contributed by atoms with Crippen molar-refractivity contribution < 1.29 is 18.7 Å². The van der Waals surface area contributed by atoms with Crippen LogP contribution in [0.2, 0.25) is 0 Å². The number of para-hydroxylation sites is 2. The standard InChI is InChI=1S/C25H24FN3O4/c1-15-13-21(30)22(27-29(15)19-12-8-6-10-17(19)26)23(31)28-18-11-7-5-9-16(18)14-20(28)24(32)33-25(2,3)4/h5-13,20H,14H2,1-4H3. The maximum atomic E-state index is 14.4. The van der Waals surface area contributed by atoms with E-state index < -0.39 is 40.5 Å². The molecule has 170 valence electrons. The lowest BCUT2D eigenvalue weighted by Crippen LogP contribution is -2.47. The van der Waals surface area contributed by atoms with Crippen molar-refractivity contribution in [3.63, 3.8) is 0 Å². The molecule has 8 heteroatoms. The molecule has 1 aliphatic rings. The van der Waals surface area contributed by atoms with Gasteiger partial charge < -0.3 is 4.74 Å². The van der Waals surface area contributed by atoms with Gasteiger partial charge in [0, 0.05) is 23.9 Å². The smallest absolute Gasteiger partial charge is 0.330 e. The Hall–Kier alpha value is -3.81. The number of benzene rings is 2. The van der Waals surface area contributed by atoms with E-state index >= 15 is 0 Å². The number of halogens is 1. The Morgan fingerprint density at radius 3 is 2.36 bits per heavy atom. The van der Waals surface area contributed by atoms with Gasteiger partial charge >= 0.3 is 5.97 Å². The number of fused-ring (bicyclic) bond motifs is 1. The van der Waals surface area contributed by atoms with Crippen LogP contribution in [0.1, 0.15) is 42.5 Å². The van der Waals surface area contributed by atoms with Crippen LogP contribution in [0.4, 0.5) is 10.1 Å². The van der Waals surface area contributed by atoms with Crippen molar-refractivity contribution in [3.05, 3.63) is 87.6 Å². The Morgan fingerprint density at radius 1 is 1.06 bits per heavy atom. The van der Waals surface area contributed by atoms with Crippen LogP contribution in [0.5, 0.6) is 0 Å². The van der Waals surface area contributed by atoms with E-state index in [0.29, 0.717) is 11.4 Å². The predicted octanol–water partition coefficient (Wildman–Crippen LogP) is 3.59. The monoisotopic (exact) mass is 449 g/mol. The third-order valence-electron chi connectivity index (χ3n) is 5.26. The van der Waals surface area contributed by atoms with Crippen molar-refractivity contribution in [3.8, 4) is 5.69 Å². The van der Waals surface area contributed by atoms with Crippen molar-refractivity contribution in [1.82, 2.24) is 9.78 Å². The Balaban J connectivity index is 1.81. The van der Waals surface area contributed by atoms with Gasteiger partial charge in [0.2, 0.25) is 5.43 Å². The van der Waals surface area contributed by atoms with Crippen LogP contribution in [0.25, 0.3) is 5.69 Å². The van der Waals surface area contributed by atoms with E-state index in [4.69, 9.17) is 4.74 Å². The summed E-state index contributed by atoms with van der Waals surface area (Å²) in [6.45, 7) is 6.83. The second-order valence-electron chi connectivity index (χ2n) is 8.92. The Morgan fingerprint density at radius 2 is 1.70 bits per heavy atom. The zero-order chi connectivity index (χ0) is 23.9. The molecule has 0 radical (unpaired) electrons. The Kier molecular flexibility index (Phi) is 5.61. The number of aromatic nitrogens is 2. The molecule has 2 aromatic carbocycles. The summed E-state index contributed by atoms with van der Waals surface area (Å²) in [7, 11) is 0. The molecule has 0 saturated carbocycles. The fourth-order valence-corrected chi connectivity index (χ4v) is 3.87. The summed E-state index contributed by atoms with van der Waals surface area (Å²) < 4.78 is 21.2. The molecular formula is C25H24FN3O4. The molecule has 33 heavy (non-hydrogen) atoms. The number of esters is 1. The lowest BCUT2D eigenvalue weighted by molar-refractivity contribution is -0.156. The number of anilines is 1. The molecule has 0 aliphatic carbocycles. The van der Waals surface area contributed by atoms with Crippen LogP contribution in [0.3, 0.4) is 0 Å². The van der Waals surface area contributed by atoms with Crippen molar-refractivity contribution in [2.75, 3.05) is 4.90 Å². The van der Waals surface area contributed by atoms with Gasteiger partial charge in [-0.25, -0.2) is 13.9 Å². The van der Waals surface area contributed by atoms with Gasteiger partial charge in [0.1, 0.15) is 23.1 Å². The van der Waals surface area contributed by atoms with Crippen molar-refractivity contribution in [2.24, 2.45) is 0 Å². The lowest BCUT2D eigenvalue weighted by atomic mass is 10.1. The summed E-state index contributed by atoms with van der Waals surface area (Å²) in [6.07, 6.45) is 0.254. The summed E-state index contributed by atoms with van der Waals surface area (Å²) >= 11 is 0. The minimum absolute atomic E-state index is 0.106. The summed E-state index contributed by atoms with van der Waals surface area (Å²) in [4.78, 5) is 40.7. The zero-order valence-electron chi connectivity index (χ0n) is 18.8. The lowest BCUT2D eigenvalue weighted by Gasteiger charge is -2.27. The number of carbonyl (C=O) groups excluding carboxylic acids is 2. The minimum atomic E-state index is -0.946. The molecule has 1 aromatic heterocycles. The quantitative estimate of drug-likeness (QED) is 0.571. The number of amides is 1. The molecular weight excluding hydrogens is 425 g/mol. The number of ether oxygens (including phenoxy) is 1. The molecule has 0 bridgehead atoms. The van der Waals surface area contributed by atoms with Gasteiger partial charge in [0.25, 0.3) is 5.91 Å². The summed E-state index contributed by atoms with van der Waals surface area (Å²) in [6, 6.07) is 13.3. The highest BCUT2D eigenvalue weighted by Gasteiger charge is 2.42. The van der Waals surface area contributed by atoms with Crippen LogP contribution in [0, 0.1) is 12.7 Å². The molecule has 0 N–H and O–H groups in total. The number of nitrogens with zero attached hydrogens (tertiary/aromatic N) is 3. The van der Waals surface area contributed by atoms with Crippen LogP contribution in [-0.2, 0) is 16.0 Å². The predicted molar refractivity (Wildman–Crippen MR) is 121 cm³/mol. The maximum absolute atomic E-state index is 14.4. The van der Waals surface area contributed by atoms with Gasteiger partial charge in [0.15, 0.2) is 5.69 Å². The molecule has 4 rings (SSSR count). The summed E-state index contributed by atoms with van der Waals surface area (Å²) in [5.74, 6) is -1.87. The highest BCUT2D eigenvalue weighted by Crippen LogP contribution is 2.34. The minimum Gasteiger partial charge on any atom is -0.458 e. The zero-order valence-corrected chi connectivity index (χ0v) is 18.8. The van der Waals surface area contributed by atoms with Crippen molar-refractivity contribution in [2.45, 2.75) is 45.8 Å². The molecule has 0 spiro atoms. The average Bonchev–Trinajstić information content (AvgIpc) is 3.13. The van der Waals surface area contributed by atoms with Crippen molar-refractivity contribution >= 4 is 17.6 Å². The van der Waals surface area contributed by atoms with E-state index in [0.717, 1.165) is 5.56 Å². The number of carbonyl (C=O) groups is 2. The fraction of sp³-hybridized carbons (Fsp3) is 0.280. The third-order valence-corrected chi connectivity index (χ3v) is 5.26. The van der Waals surface area contributed by atoms with E-state index in [1.807, 2.05) is 12.1 Å². The number of hydrogen-bond donors (Lipinski definition) is 0. The van der Waals surface area contributed by atoms with E-state index in [1.165, 1.54) is 33.8 Å². The first kappa shape index (κ1) is 22.4. The summed E-state index contributed by atoms with van der Waals surface area (Å²) in [5, 5.41) is 4.21. The third kappa shape index (κ3) is 4.28. The fourth-order valence-electron chi connectivity index (χ4n) is 3.87. The van der Waals surface area contributed by atoms with Crippen molar-refractivity contribution in [1.29, 1.82) is 0 Å². The molecule has 1 aliphatic heterocycles. The van der Waals surface area contributed by atoms with Crippen LogP contribution < -0.4 is 10.3 Å². The highest BCUT2D eigenvalue weighted by molar-refractivity contribution is 6.10. The molecule has 2 heterocycles. The second kappa shape index (κ2) is 8.27. The van der Waals surface area contributed by atoms with E-state index in [-0.39, 0.29) is 12.1 Å². The topological polar surface area (TPSA) is 81.5 Å². The van der Waals surface area contributed by atoms with Crippen LogP contribution in [-0.4, -0.2) is 33.3 Å². The van der Waals surface area contributed by atoms with Crippen LogP contribution >= 0.6 is 0 Å². The van der Waals surface area contributed by atoms with E-state index in [1.54, 1.807) is 45.9 Å². The molecule has 0 saturated heterocycles. The van der Waals surface area contributed by atoms with Gasteiger partial charge in [-0.3, -0.25) is 14.5 Å². The van der Waals surface area contributed by atoms with Crippen LogP contribution in [0.15, 0.2) is 59.4 Å². The summed E-state index contributed by atoms with van der Waals surface area (Å²) in [5.41, 5.74) is -0.00525. The molecule has 1 unspecified atom stereocenters. The largest absolute Gasteiger partial charge is 0.458 e. The van der Waals surface area contributed by atoms with E-state index in [2.05, 4.69) is 5.10 Å². The number of aryl methyl sites for hydroxylation is 1. The molecule has 7 nitrogen and oxygen atoms in total. The Labute approximate surface area is 190 Å². The Bertz CT molecular complexity index is 1310. The molecule has 1 amide bonds. The molecule has 3 aromatic rings. The first-order valence-electron chi connectivity index (χ1n) is 10.6. The van der Waals surface area contributed by atoms with Gasteiger partial charge in [0.05, 0.1) is 0 Å². The SMILES string of the molecule is Cc1cc(=O)c(C(=O)N2c3ccccc3CC2C(=O)OC(C)(C)C)nn1-c1ccccc1F. The molecule has 0 fully saturated rings. The number of rotatable bonds is 3. The van der Waals surface area contributed by atoms with E-state index in [9.17, 15) is 18.8 Å². The van der Waals surface area contributed by atoms with Gasteiger partial charge in [-0.1, -0.05) is 30.3 Å². The maximum Gasteiger partial charge on any atom is 0.330 e.